The maximum Gasteiger partial charge on any atom is 0.410 e. The molecule has 3 aliphatic heterocycles. The van der Waals surface area contributed by atoms with Gasteiger partial charge in [-0.15, -0.1) is 0 Å². The molecule has 1 unspecified atom stereocenters. The van der Waals surface area contributed by atoms with Crippen LogP contribution in [0.5, 0.6) is 0 Å². The minimum Gasteiger partial charge on any atom is -0.444 e. The Morgan fingerprint density at radius 1 is 0.387 bits per heavy atom. The summed E-state index contributed by atoms with van der Waals surface area (Å²) in [7, 11) is 5.32. The summed E-state index contributed by atoms with van der Waals surface area (Å²) in [5, 5.41) is 15.9. The number of carbonyl (C=O) groups is 6. The Hall–Kier alpha value is -13.0. The zero-order valence-electron chi connectivity index (χ0n) is 86.9. The summed E-state index contributed by atoms with van der Waals surface area (Å²) in [6.45, 7) is 42.1. The Morgan fingerprint density at radius 3 is 0.915 bits per heavy atom. The topological polar surface area (TPSA) is 265 Å². The van der Waals surface area contributed by atoms with Gasteiger partial charge in [0.1, 0.15) is 57.0 Å². The van der Waals surface area contributed by atoms with Crippen molar-refractivity contribution >= 4 is 46.9 Å². The number of imidazole rings is 3. The Labute approximate surface area is 839 Å². The van der Waals surface area contributed by atoms with E-state index in [1.807, 2.05) is 229 Å². The van der Waals surface area contributed by atoms with Gasteiger partial charge in [0.25, 0.3) is 17.1 Å². The SMILES string of the molecule is CC(C)(C)OC(=O)N1CCC(F)(CN[C@@H](c2nc(-c3ccccc3)cn2Cc2ccccc2)C(C)(C)C)C1.Cc1cc(C(=O)Cl)nn1C.Cc1cc(C(=O)N(C[C@@]2(F)CCN(C(=O)OC(C)(C)C)C2)[C@@H](c2nc(-c3ccccc3)cn2Cc2ccccc2)C(C)(C)C)nn1C.Cc1cc(C(=O)N(C[C@]2(F)CCN(C(=O)OC(C)(C)C)C2)[C@@H](c2nc(-c3ccccc3)cn2Cc2ccccc2)C(C)(C)C)nn1C. The van der Waals surface area contributed by atoms with Crippen LogP contribution in [-0.2, 0) is 55.0 Å². The minimum atomic E-state index is -1.88. The van der Waals surface area contributed by atoms with E-state index >= 15 is 13.2 Å². The molecular formula is C111H142ClF3N18O9. The first-order valence-electron chi connectivity index (χ1n) is 48.6. The number of aryl methyl sites for hydroxylation is 6. The van der Waals surface area contributed by atoms with Crippen molar-refractivity contribution in [1.82, 2.24) is 87.8 Å². The van der Waals surface area contributed by atoms with Gasteiger partial charge in [0, 0.05) is 139 Å². The van der Waals surface area contributed by atoms with E-state index in [2.05, 4.69) is 110 Å². The van der Waals surface area contributed by atoms with Gasteiger partial charge in [-0.3, -0.25) is 28.4 Å². The van der Waals surface area contributed by atoms with E-state index in [9.17, 15) is 28.8 Å². The van der Waals surface area contributed by atoms with Crippen molar-refractivity contribution in [3.8, 4) is 33.8 Å². The molecule has 6 aromatic heterocycles. The third-order valence-corrected chi connectivity index (χ3v) is 25.2. The highest BCUT2D eigenvalue weighted by Gasteiger charge is 2.52. The highest BCUT2D eigenvalue weighted by Crippen LogP contribution is 2.46. The first-order valence-corrected chi connectivity index (χ1v) is 48.9. The largest absolute Gasteiger partial charge is 0.444 e. The molecule has 5 amide bonds. The smallest absolute Gasteiger partial charge is 0.410 e. The molecule has 758 valence electrons. The number of ether oxygens (including phenoxy) is 3. The molecule has 0 bridgehead atoms. The Balaban J connectivity index is 0.000000182. The molecule has 12 aromatic rings. The van der Waals surface area contributed by atoms with Gasteiger partial charge < -0.3 is 57.7 Å². The second-order valence-electron chi connectivity index (χ2n) is 44.0. The lowest BCUT2D eigenvalue weighted by atomic mass is 9.83. The molecule has 0 aliphatic carbocycles. The van der Waals surface area contributed by atoms with Gasteiger partial charge in [-0.2, -0.15) is 15.3 Å². The van der Waals surface area contributed by atoms with Gasteiger partial charge >= 0.3 is 18.3 Å². The van der Waals surface area contributed by atoms with Crippen LogP contribution in [-0.4, -0.2) is 211 Å². The van der Waals surface area contributed by atoms with Gasteiger partial charge in [0.15, 0.2) is 11.4 Å². The number of nitrogens with zero attached hydrogens (tertiary/aromatic N) is 17. The number of amides is 5. The molecule has 6 aromatic carbocycles. The summed E-state index contributed by atoms with van der Waals surface area (Å²) in [5.74, 6) is 1.37. The number of benzene rings is 6. The van der Waals surface area contributed by atoms with E-state index in [1.165, 1.54) is 20.3 Å². The molecule has 142 heavy (non-hydrogen) atoms. The minimum absolute atomic E-state index is 0.0134. The second kappa shape index (κ2) is 44.3. The average molecular weight is 1960 g/mol. The van der Waals surface area contributed by atoms with E-state index < -0.39 is 92.1 Å². The van der Waals surface area contributed by atoms with Gasteiger partial charge in [0.2, 0.25) is 0 Å². The number of hydrogen-bond donors (Lipinski definition) is 1. The van der Waals surface area contributed by atoms with Crippen molar-refractivity contribution in [1.29, 1.82) is 0 Å². The van der Waals surface area contributed by atoms with Gasteiger partial charge in [-0.05, 0) is 146 Å². The van der Waals surface area contributed by atoms with Crippen LogP contribution in [0.25, 0.3) is 33.8 Å². The Bertz CT molecular complexity index is 5970. The van der Waals surface area contributed by atoms with Crippen molar-refractivity contribution in [3.63, 3.8) is 0 Å². The maximum atomic E-state index is 17.1. The predicted octanol–water partition coefficient (Wildman–Crippen LogP) is 22.2. The van der Waals surface area contributed by atoms with E-state index in [-0.39, 0.29) is 94.5 Å². The van der Waals surface area contributed by atoms with E-state index in [4.69, 9.17) is 40.8 Å². The van der Waals surface area contributed by atoms with Crippen molar-refractivity contribution in [3.05, 3.63) is 287 Å². The van der Waals surface area contributed by atoms with Crippen LogP contribution < -0.4 is 5.32 Å². The second-order valence-corrected chi connectivity index (χ2v) is 44.4. The average Bonchev–Trinajstić information content (AvgIpc) is 1.59. The van der Waals surface area contributed by atoms with E-state index in [0.717, 1.165) is 67.8 Å². The molecular weight excluding hydrogens is 1820 g/mol. The number of likely N-dealkylation sites (tertiary alicyclic amines) is 3. The maximum absolute atomic E-state index is 17.1. The highest BCUT2D eigenvalue weighted by molar-refractivity contribution is 6.67. The summed E-state index contributed by atoms with van der Waals surface area (Å²) in [6, 6.07) is 63.9. The molecule has 6 atom stereocenters. The lowest BCUT2D eigenvalue weighted by Crippen LogP contribution is -2.50. The normalized spacial score (nSPS) is 17.4. The van der Waals surface area contributed by atoms with Crippen LogP contribution in [0.3, 0.4) is 0 Å². The summed E-state index contributed by atoms with van der Waals surface area (Å²) < 4.78 is 77.9. The Kier molecular flexibility index (Phi) is 33.6. The van der Waals surface area contributed by atoms with Crippen molar-refractivity contribution in [2.24, 2.45) is 37.4 Å². The number of nitrogens with one attached hydrogen (secondary N) is 1. The van der Waals surface area contributed by atoms with Gasteiger partial charge in [-0.25, -0.2) is 42.5 Å². The predicted molar refractivity (Wildman–Crippen MR) is 549 cm³/mol. The number of aromatic nitrogens is 12. The molecule has 9 heterocycles. The molecule has 3 aliphatic rings. The quantitative estimate of drug-likeness (QED) is 0.0435. The number of alkyl halides is 3. The standard InChI is InChI=1S/2C37H47FN6O3.C31H41FN4O2.C6H7ClN2O/c2*1-26-21-29(40-41(26)8)33(45)44(25-37(38)19-20-42(24-37)34(46)47-36(5,6)7)31(35(2,3)4)32-39-30(28-17-13-10-14-18-28)23-43(32)22-27-15-11-9-12-16-27;1-29(2,3)26(33-21-31(32)17-18-35(22-31)28(37)38-30(4,5)6)27-34-25(24-15-11-8-12-16-24)20-36(27)19-23-13-9-7-10-14-23;1-4-3-5(6(7)10)8-9(4)2/h2*9-18,21,23,31H,19-20,22,24-25H2,1-8H3;7-16,20,26,33H,17-19,21-22H2,1-6H3;3H,1-2H3/t31-,37+;31-,37-;26-,31?;/m000./s1. The van der Waals surface area contributed by atoms with Crippen LogP contribution in [0, 0.1) is 37.0 Å². The molecule has 3 saturated heterocycles. The van der Waals surface area contributed by atoms with E-state index in [0.29, 0.717) is 43.5 Å². The number of hydrogen-bond acceptors (Lipinski definition) is 16. The van der Waals surface area contributed by atoms with Crippen LogP contribution in [0.4, 0.5) is 27.6 Å². The van der Waals surface area contributed by atoms with E-state index in [1.54, 1.807) is 105 Å². The Morgan fingerprint density at radius 2 is 0.655 bits per heavy atom. The van der Waals surface area contributed by atoms with Crippen LogP contribution in [0.2, 0.25) is 0 Å². The molecule has 0 saturated carbocycles. The van der Waals surface area contributed by atoms with Gasteiger partial charge in [0.05, 0.1) is 67.9 Å². The summed E-state index contributed by atoms with van der Waals surface area (Å²) in [4.78, 5) is 101. The molecule has 27 nitrogen and oxygen atoms in total. The monoisotopic (exact) mass is 1960 g/mol. The first-order chi connectivity index (χ1) is 66.5. The summed E-state index contributed by atoms with van der Waals surface area (Å²) >= 11 is 5.17. The lowest BCUT2D eigenvalue weighted by Gasteiger charge is -2.42. The molecule has 31 heteroatoms. The molecule has 3 fully saturated rings. The summed E-state index contributed by atoms with van der Waals surface area (Å²) in [5.41, 5.74) is 3.25. The van der Waals surface area contributed by atoms with Crippen molar-refractivity contribution < 1.29 is 56.1 Å². The van der Waals surface area contributed by atoms with Crippen LogP contribution >= 0.6 is 11.6 Å². The van der Waals surface area contributed by atoms with Crippen molar-refractivity contribution in [2.45, 2.75) is 236 Å². The molecule has 0 radical (unpaired) electrons. The third-order valence-electron chi connectivity index (χ3n) is 25.0. The van der Waals surface area contributed by atoms with Gasteiger partial charge in [-0.1, -0.05) is 244 Å². The summed E-state index contributed by atoms with van der Waals surface area (Å²) in [6.07, 6.45) is 4.93. The fraction of sp³-hybridized carbons (Fsp3) is 0.459. The lowest BCUT2D eigenvalue weighted by molar-refractivity contribution is 0.0127. The molecule has 15 rings (SSSR count). The number of halogens is 4. The molecule has 1 N–H and O–H groups in total. The number of carbonyl (C=O) groups excluding carboxylic acids is 6. The fourth-order valence-corrected chi connectivity index (χ4v) is 17.9. The zero-order chi connectivity index (χ0) is 104. The first kappa shape index (κ1) is 108. The van der Waals surface area contributed by atoms with Crippen molar-refractivity contribution in [2.75, 3.05) is 58.9 Å². The highest BCUT2D eigenvalue weighted by atomic mass is 35.5. The fourth-order valence-electron chi connectivity index (χ4n) is 17.8. The zero-order valence-corrected chi connectivity index (χ0v) is 87.7. The number of rotatable bonds is 24. The van der Waals surface area contributed by atoms with Crippen LogP contribution in [0.1, 0.15) is 245 Å². The van der Waals surface area contributed by atoms with Crippen LogP contribution in [0.15, 0.2) is 219 Å². The third kappa shape index (κ3) is 28.7. The molecule has 0 spiro atoms.